The van der Waals surface area contributed by atoms with Gasteiger partial charge in [-0.15, -0.1) is 11.3 Å². The van der Waals surface area contributed by atoms with Crippen molar-refractivity contribution in [1.29, 1.82) is 0 Å². The number of hydrogen-bond donors (Lipinski definition) is 1. The predicted molar refractivity (Wildman–Crippen MR) is 116 cm³/mol. The maximum atomic E-state index is 14.9. The van der Waals surface area contributed by atoms with Crippen LogP contribution in [0.15, 0.2) is 64.3 Å². The smallest absolute Gasteiger partial charge is 0.336 e. The Morgan fingerprint density at radius 3 is 2.71 bits per heavy atom. The summed E-state index contributed by atoms with van der Waals surface area (Å²) < 4.78 is 25.2. The fraction of sp³-hybridized carbons (Fsp3) is 0.333. The molecule has 0 unspecified atom stereocenters. The maximum Gasteiger partial charge on any atom is 0.336 e. The molecule has 1 N–H and O–H groups in total. The summed E-state index contributed by atoms with van der Waals surface area (Å²) in [7, 11) is 1.52. The summed E-state index contributed by atoms with van der Waals surface area (Å²) in [5.74, 6) is -1.83. The lowest BCUT2D eigenvalue weighted by atomic mass is 9.72. The van der Waals surface area contributed by atoms with E-state index >= 15 is 0 Å². The molecule has 7 heteroatoms. The van der Waals surface area contributed by atoms with E-state index in [0.29, 0.717) is 29.7 Å². The van der Waals surface area contributed by atoms with E-state index in [1.54, 1.807) is 36.5 Å². The number of esters is 1. The molecule has 0 spiro atoms. The van der Waals surface area contributed by atoms with Crippen LogP contribution in [0.2, 0.25) is 0 Å². The second kappa shape index (κ2) is 9.16. The molecule has 1 aromatic heterocycles. The van der Waals surface area contributed by atoms with Gasteiger partial charge in [-0.2, -0.15) is 0 Å². The van der Waals surface area contributed by atoms with Crippen molar-refractivity contribution in [3.8, 4) is 0 Å². The van der Waals surface area contributed by atoms with Crippen LogP contribution in [0.25, 0.3) is 0 Å². The predicted octanol–water partition coefficient (Wildman–Crippen LogP) is 4.44. The molecule has 2 atom stereocenters. The highest BCUT2D eigenvalue weighted by Crippen LogP contribution is 2.46. The minimum atomic E-state index is -0.802. The van der Waals surface area contributed by atoms with E-state index in [1.807, 2.05) is 17.5 Å². The molecule has 0 fully saturated rings. The van der Waals surface area contributed by atoms with Gasteiger partial charge in [0.2, 0.25) is 0 Å². The number of carbonyl (C=O) groups excluding carboxylic acids is 2. The highest BCUT2D eigenvalue weighted by Gasteiger charge is 2.42. The number of allylic oxidation sites excluding steroid dienone is 3. The van der Waals surface area contributed by atoms with Crippen LogP contribution in [0, 0.1) is 5.82 Å². The van der Waals surface area contributed by atoms with Crippen LogP contribution < -0.4 is 5.32 Å². The Labute approximate surface area is 184 Å². The molecule has 0 saturated heterocycles. The highest BCUT2D eigenvalue weighted by molar-refractivity contribution is 7.10. The van der Waals surface area contributed by atoms with Crippen LogP contribution in [0.5, 0.6) is 0 Å². The SMILES string of the molecule is COCCOC(=O)C1=C(C)NC2=C(C(=O)C[C@@H](c3cccs3)C2)[C@H]1c1ccccc1F. The van der Waals surface area contributed by atoms with Gasteiger partial charge in [-0.1, -0.05) is 24.3 Å². The van der Waals surface area contributed by atoms with Crippen molar-refractivity contribution >= 4 is 23.1 Å². The maximum absolute atomic E-state index is 14.9. The van der Waals surface area contributed by atoms with Crippen LogP contribution in [0.4, 0.5) is 4.39 Å². The molecule has 0 bridgehead atoms. The average molecular weight is 442 g/mol. The number of hydrogen-bond acceptors (Lipinski definition) is 6. The summed E-state index contributed by atoms with van der Waals surface area (Å²) in [6.45, 7) is 2.10. The van der Waals surface area contributed by atoms with Crippen molar-refractivity contribution in [2.75, 3.05) is 20.3 Å². The van der Waals surface area contributed by atoms with Gasteiger partial charge in [0.1, 0.15) is 12.4 Å². The summed E-state index contributed by atoms with van der Waals surface area (Å²) in [5, 5.41) is 5.27. The number of halogens is 1. The zero-order valence-corrected chi connectivity index (χ0v) is 18.3. The average Bonchev–Trinajstić information content (AvgIpc) is 3.28. The Kier molecular flexibility index (Phi) is 6.34. The van der Waals surface area contributed by atoms with Crippen molar-refractivity contribution in [3.05, 3.63) is 80.6 Å². The van der Waals surface area contributed by atoms with Crippen LogP contribution in [-0.2, 0) is 19.1 Å². The largest absolute Gasteiger partial charge is 0.460 e. The number of thiophene rings is 1. The van der Waals surface area contributed by atoms with Gasteiger partial charge >= 0.3 is 5.97 Å². The monoisotopic (exact) mass is 441 g/mol. The Hall–Kier alpha value is -2.77. The standard InChI is InChI=1S/C24H24FNO4S/c1-14-21(24(28)30-10-9-29-2)22(16-6-3-4-7-17(16)25)23-18(26-14)12-15(13-19(23)27)20-8-5-11-31-20/h3-8,11,15,22,26H,9-10,12-13H2,1-2H3/t15-,22-/m0/s1. The van der Waals surface area contributed by atoms with E-state index in [1.165, 1.54) is 13.2 Å². The van der Waals surface area contributed by atoms with E-state index in [0.717, 1.165) is 10.6 Å². The molecule has 2 aliphatic rings. The Morgan fingerprint density at radius 2 is 2.00 bits per heavy atom. The molecular weight excluding hydrogens is 417 g/mol. The number of Topliss-reactive ketones (excluding diaryl/α,β-unsaturated/α-hetero) is 1. The van der Waals surface area contributed by atoms with E-state index in [-0.39, 0.29) is 30.5 Å². The van der Waals surface area contributed by atoms with Crippen molar-refractivity contribution in [2.45, 2.75) is 31.6 Å². The fourth-order valence-corrected chi connectivity index (χ4v) is 5.18. The molecule has 2 aromatic rings. The second-order valence-corrected chi connectivity index (χ2v) is 8.66. The topological polar surface area (TPSA) is 64.6 Å². The van der Waals surface area contributed by atoms with Crippen LogP contribution in [0.3, 0.4) is 0 Å². The molecule has 162 valence electrons. The molecular formula is C24H24FNO4S. The second-order valence-electron chi connectivity index (χ2n) is 7.68. The lowest BCUT2D eigenvalue weighted by molar-refractivity contribution is -0.140. The van der Waals surface area contributed by atoms with Crippen molar-refractivity contribution < 1.29 is 23.5 Å². The quantitative estimate of drug-likeness (QED) is 0.530. The van der Waals surface area contributed by atoms with E-state index in [2.05, 4.69) is 5.32 Å². The molecule has 0 amide bonds. The molecule has 31 heavy (non-hydrogen) atoms. The van der Waals surface area contributed by atoms with Crippen LogP contribution >= 0.6 is 11.3 Å². The number of nitrogens with one attached hydrogen (secondary N) is 1. The number of ketones is 1. The van der Waals surface area contributed by atoms with Crippen molar-refractivity contribution in [2.24, 2.45) is 0 Å². The summed E-state index contributed by atoms with van der Waals surface area (Å²) >= 11 is 1.63. The normalized spacial score (nSPS) is 21.1. The lowest BCUT2D eigenvalue weighted by Crippen LogP contribution is -2.36. The van der Waals surface area contributed by atoms with E-state index < -0.39 is 17.7 Å². The first-order valence-corrected chi connectivity index (χ1v) is 11.1. The van der Waals surface area contributed by atoms with E-state index in [4.69, 9.17) is 9.47 Å². The lowest BCUT2D eigenvalue weighted by Gasteiger charge is -2.36. The molecule has 0 radical (unpaired) electrons. The number of dihydropyridines is 1. The number of benzene rings is 1. The summed E-state index contributed by atoms with van der Waals surface area (Å²) in [6, 6.07) is 10.3. The molecule has 1 aliphatic carbocycles. The minimum Gasteiger partial charge on any atom is -0.460 e. The Morgan fingerprint density at radius 1 is 1.19 bits per heavy atom. The van der Waals surface area contributed by atoms with Gasteiger partial charge in [0.05, 0.1) is 18.1 Å². The summed E-state index contributed by atoms with van der Waals surface area (Å²) in [4.78, 5) is 27.5. The first-order valence-electron chi connectivity index (χ1n) is 10.2. The summed E-state index contributed by atoms with van der Waals surface area (Å²) in [5.41, 5.74) is 2.37. The molecule has 1 aliphatic heterocycles. The number of carbonyl (C=O) groups is 2. The third-order valence-corrected chi connectivity index (χ3v) is 6.76. The van der Waals surface area contributed by atoms with Gasteiger partial charge in [-0.3, -0.25) is 4.79 Å². The third-order valence-electron chi connectivity index (χ3n) is 5.73. The van der Waals surface area contributed by atoms with Gasteiger partial charge in [-0.05, 0) is 30.9 Å². The Bertz CT molecular complexity index is 1060. The molecule has 0 saturated carbocycles. The molecule has 2 heterocycles. The zero-order valence-electron chi connectivity index (χ0n) is 17.4. The van der Waals surface area contributed by atoms with Crippen LogP contribution in [-0.4, -0.2) is 32.1 Å². The van der Waals surface area contributed by atoms with Crippen molar-refractivity contribution in [1.82, 2.24) is 5.32 Å². The van der Waals surface area contributed by atoms with Gasteiger partial charge in [-0.25, -0.2) is 9.18 Å². The number of methoxy groups -OCH3 is 1. The first kappa shape index (κ1) is 21.5. The highest BCUT2D eigenvalue weighted by atomic mass is 32.1. The first-order chi connectivity index (χ1) is 15.0. The summed E-state index contributed by atoms with van der Waals surface area (Å²) in [6.07, 6.45) is 0.965. The minimum absolute atomic E-state index is 0.0722. The van der Waals surface area contributed by atoms with Crippen LogP contribution in [0.1, 0.15) is 42.0 Å². The van der Waals surface area contributed by atoms with E-state index in [9.17, 15) is 14.0 Å². The van der Waals surface area contributed by atoms with Gasteiger partial charge < -0.3 is 14.8 Å². The molecule has 1 aromatic carbocycles. The fourth-order valence-electron chi connectivity index (χ4n) is 4.35. The Balaban J connectivity index is 1.77. The van der Waals surface area contributed by atoms with Crippen molar-refractivity contribution in [3.63, 3.8) is 0 Å². The van der Waals surface area contributed by atoms with Gasteiger partial charge in [0, 0.05) is 46.9 Å². The van der Waals surface area contributed by atoms with Gasteiger partial charge in [0.15, 0.2) is 5.78 Å². The van der Waals surface area contributed by atoms with Gasteiger partial charge in [0.25, 0.3) is 0 Å². The number of rotatable bonds is 6. The number of ether oxygens (including phenoxy) is 2. The molecule has 4 rings (SSSR count). The zero-order chi connectivity index (χ0) is 22.0. The molecule has 5 nitrogen and oxygen atoms in total. The third kappa shape index (κ3) is 4.20.